The molecule has 0 radical (unpaired) electrons. The van der Waals surface area contributed by atoms with Gasteiger partial charge in [0.2, 0.25) is 5.91 Å². The molecule has 0 saturated carbocycles. The molecule has 132 valence electrons. The molecular weight excluding hydrogens is 326 g/mol. The average Bonchev–Trinajstić information content (AvgIpc) is 2.99. The van der Waals surface area contributed by atoms with Crippen LogP contribution in [-0.4, -0.2) is 44.2 Å². The molecule has 6 heteroatoms. The van der Waals surface area contributed by atoms with Gasteiger partial charge in [0.1, 0.15) is 0 Å². The fourth-order valence-electron chi connectivity index (χ4n) is 3.46. The smallest absolute Gasteiger partial charge is 0.228 e. The van der Waals surface area contributed by atoms with E-state index >= 15 is 0 Å². The summed E-state index contributed by atoms with van der Waals surface area (Å²) >= 11 is 0. The summed E-state index contributed by atoms with van der Waals surface area (Å²) in [6.07, 6.45) is 4.53. The van der Waals surface area contributed by atoms with E-state index in [1.54, 1.807) is 7.11 Å². The molecule has 5 nitrogen and oxygen atoms in total. The van der Waals surface area contributed by atoms with Crippen molar-refractivity contribution in [1.82, 2.24) is 15.6 Å². The summed E-state index contributed by atoms with van der Waals surface area (Å²) in [6, 6.07) is 8.25. The molecule has 3 N–H and O–H groups in total. The zero-order valence-corrected chi connectivity index (χ0v) is 14.9. The molecule has 1 amide bonds. The lowest BCUT2D eigenvalue weighted by Gasteiger charge is -2.35. The Hall–Kier alpha value is -1.56. The van der Waals surface area contributed by atoms with Crippen molar-refractivity contribution >= 4 is 29.2 Å². The van der Waals surface area contributed by atoms with Gasteiger partial charge in [-0.25, -0.2) is 0 Å². The normalized spacial score (nSPS) is 16.5. The van der Waals surface area contributed by atoms with E-state index in [2.05, 4.69) is 27.8 Å². The minimum atomic E-state index is -0.375. The van der Waals surface area contributed by atoms with Crippen molar-refractivity contribution < 1.29 is 9.53 Å². The minimum absolute atomic E-state index is 0. The molecule has 1 aliphatic rings. The second-order valence-corrected chi connectivity index (χ2v) is 6.33. The van der Waals surface area contributed by atoms with E-state index in [-0.39, 0.29) is 23.7 Å². The molecule has 0 spiro atoms. The number of aromatic amines is 1. The molecule has 1 saturated heterocycles. The van der Waals surface area contributed by atoms with E-state index in [1.165, 1.54) is 10.9 Å². The Morgan fingerprint density at radius 2 is 2.04 bits per heavy atom. The van der Waals surface area contributed by atoms with E-state index < -0.39 is 0 Å². The number of piperidine rings is 1. The molecule has 0 atom stereocenters. The molecule has 1 fully saturated rings. The first-order valence-corrected chi connectivity index (χ1v) is 8.28. The topological polar surface area (TPSA) is 66.1 Å². The summed E-state index contributed by atoms with van der Waals surface area (Å²) in [7, 11) is 1.67. The van der Waals surface area contributed by atoms with Gasteiger partial charge in [-0.3, -0.25) is 4.79 Å². The lowest BCUT2D eigenvalue weighted by atomic mass is 9.78. The maximum atomic E-state index is 12.7. The first kappa shape index (κ1) is 18.8. The van der Waals surface area contributed by atoms with Crippen molar-refractivity contribution in [2.45, 2.75) is 19.3 Å². The Kier molecular flexibility index (Phi) is 6.66. The molecule has 1 aromatic carbocycles. The van der Waals surface area contributed by atoms with Crippen LogP contribution in [0, 0.1) is 5.41 Å². The van der Waals surface area contributed by atoms with Crippen molar-refractivity contribution in [3.63, 3.8) is 0 Å². The highest BCUT2D eigenvalue weighted by atomic mass is 35.5. The number of rotatable bonds is 6. The highest BCUT2D eigenvalue weighted by Gasteiger charge is 2.39. The van der Waals surface area contributed by atoms with Gasteiger partial charge < -0.3 is 20.4 Å². The number of methoxy groups -OCH3 is 1. The van der Waals surface area contributed by atoms with Gasteiger partial charge in [-0.05, 0) is 44.0 Å². The van der Waals surface area contributed by atoms with Crippen LogP contribution in [0.5, 0.6) is 0 Å². The van der Waals surface area contributed by atoms with E-state index in [0.29, 0.717) is 13.2 Å². The standard InChI is InChI=1S/C18H25N3O2.ClH/c1-23-13-18(7-10-19-11-8-18)17(22)20-9-6-14-12-21-16-5-3-2-4-15(14)16;/h2-5,12,19,21H,6-11,13H2,1H3,(H,20,22);1H. The lowest BCUT2D eigenvalue weighted by Crippen LogP contribution is -2.50. The minimum Gasteiger partial charge on any atom is -0.384 e. The molecule has 3 rings (SSSR count). The predicted molar refractivity (Wildman–Crippen MR) is 98.7 cm³/mol. The molecule has 2 aromatic rings. The quantitative estimate of drug-likeness (QED) is 0.748. The van der Waals surface area contributed by atoms with Crippen molar-refractivity contribution in [2.75, 3.05) is 33.4 Å². The molecule has 1 aromatic heterocycles. The predicted octanol–water partition coefficient (Wildman–Crippen LogP) is 2.26. The van der Waals surface area contributed by atoms with E-state index in [9.17, 15) is 4.79 Å². The number of amides is 1. The largest absolute Gasteiger partial charge is 0.384 e. The Morgan fingerprint density at radius 1 is 1.29 bits per heavy atom. The van der Waals surface area contributed by atoms with Gasteiger partial charge in [-0.2, -0.15) is 0 Å². The number of carbonyl (C=O) groups excluding carboxylic acids is 1. The van der Waals surface area contributed by atoms with Gasteiger partial charge in [0.05, 0.1) is 12.0 Å². The zero-order valence-electron chi connectivity index (χ0n) is 14.1. The molecule has 24 heavy (non-hydrogen) atoms. The third-order valence-corrected chi connectivity index (χ3v) is 4.82. The number of ether oxygens (including phenoxy) is 1. The van der Waals surface area contributed by atoms with Crippen LogP contribution in [0.2, 0.25) is 0 Å². The molecular formula is C18H26ClN3O2. The zero-order chi connectivity index (χ0) is 16.1. The second kappa shape index (κ2) is 8.51. The molecule has 2 heterocycles. The highest BCUT2D eigenvalue weighted by molar-refractivity contribution is 5.85. The number of hydrogen-bond donors (Lipinski definition) is 3. The van der Waals surface area contributed by atoms with Crippen molar-refractivity contribution in [2.24, 2.45) is 5.41 Å². The number of para-hydroxylation sites is 1. The third kappa shape index (κ3) is 3.91. The number of halogens is 1. The number of carbonyl (C=O) groups is 1. The van der Waals surface area contributed by atoms with E-state index in [1.807, 2.05) is 18.3 Å². The molecule has 0 aliphatic carbocycles. The van der Waals surface area contributed by atoms with Crippen molar-refractivity contribution in [3.8, 4) is 0 Å². The van der Waals surface area contributed by atoms with Gasteiger partial charge in [-0.15, -0.1) is 12.4 Å². The van der Waals surface area contributed by atoms with Gasteiger partial charge in [0.25, 0.3) is 0 Å². The van der Waals surface area contributed by atoms with E-state index in [0.717, 1.165) is 37.9 Å². The van der Waals surface area contributed by atoms with Gasteiger partial charge >= 0.3 is 0 Å². The van der Waals surface area contributed by atoms with Crippen molar-refractivity contribution in [1.29, 1.82) is 0 Å². The highest BCUT2D eigenvalue weighted by Crippen LogP contribution is 2.29. The molecule has 0 unspecified atom stereocenters. The van der Waals surface area contributed by atoms with Crippen LogP contribution < -0.4 is 10.6 Å². The Balaban J connectivity index is 0.00000208. The van der Waals surface area contributed by atoms with Crippen LogP contribution in [-0.2, 0) is 16.0 Å². The number of hydrogen-bond acceptors (Lipinski definition) is 3. The lowest BCUT2D eigenvalue weighted by molar-refractivity contribution is -0.136. The summed E-state index contributed by atoms with van der Waals surface area (Å²) in [4.78, 5) is 16.0. The SMILES string of the molecule is COCC1(C(=O)NCCc2c[nH]c3ccccc23)CCNCC1.Cl. The van der Waals surface area contributed by atoms with Crippen LogP contribution in [0.4, 0.5) is 0 Å². The number of fused-ring (bicyclic) bond motifs is 1. The Morgan fingerprint density at radius 3 is 2.79 bits per heavy atom. The monoisotopic (exact) mass is 351 g/mol. The Bertz CT molecular complexity index is 660. The second-order valence-electron chi connectivity index (χ2n) is 6.33. The number of aromatic nitrogens is 1. The van der Waals surface area contributed by atoms with Crippen LogP contribution in [0.3, 0.4) is 0 Å². The summed E-state index contributed by atoms with van der Waals surface area (Å²) in [5.74, 6) is 0.126. The average molecular weight is 352 g/mol. The fraction of sp³-hybridized carbons (Fsp3) is 0.500. The first-order valence-electron chi connectivity index (χ1n) is 8.28. The molecule has 0 bridgehead atoms. The van der Waals surface area contributed by atoms with Crippen LogP contribution in [0.15, 0.2) is 30.5 Å². The summed E-state index contributed by atoms with van der Waals surface area (Å²) in [6.45, 7) is 2.89. The third-order valence-electron chi connectivity index (χ3n) is 4.82. The van der Waals surface area contributed by atoms with Gasteiger partial charge in [0.15, 0.2) is 0 Å². The summed E-state index contributed by atoms with van der Waals surface area (Å²) < 4.78 is 5.32. The van der Waals surface area contributed by atoms with Crippen molar-refractivity contribution in [3.05, 3.63) is 36.0 Å². The van der Waals surface area contributed by atoms with Gasteiger partial charge in [-0.1, -0.05) is 18.2 Å². The fourth-order valence-corrected chi connectivity index (χ4v) is 3.46. The van der Waals surface area contributed by atoms with Gasteiger partial charge in [0, 0.05) is 30.8 Å². The van der Waals surface area contributed by atoms with Crippen LogP contribution >= 0.6 is 12.4 Å². The number of benzene rings is 1. The summed E-state index contributed by atoms with van der Waals surface area (Å²) in [5.41, 5.74) is 2.01. The number of H-pyrrole nitrogens is 1. The first-order chi connectivity index (χ1) is 11.2. The van der Waals surface area contributed by atoms with E-state index in [4.69, 9.17) is 4.74 Å². The summed E-state index contributed by atoms with van der Waals surface area (Å²) in [5, 5.41) is 7.66. The Labute approximate surface area is 148 Å². The molecule has 1 aliphatic heterocycles. The maximum Gasteiger partial charge on any atom is 0.228 e. The maximum absolute atomic E-state index is 12.7. The van der Waals surface area contributed by atoms with Crippen LogP contribution in [0.1, 0.15) is 18.4 Å². The van der Waals surface area contributed by atoms with Crippen LogP contribution in [0.25, 0.3) is 10.9 Å². The number of nitrogens with one attached hydrogen (secondary N) is 3.